The van der Waals surface area contributed by atoms with Crippen molar-refractivity contribution in [2.45, 2.75) is 84.3 Å². The van der Waals surface area contributed by atoms with E-state index in [1.54, 1.807) is 0 Å². The maximum absolute atomic E-state index is 12.7. The molecule has 6 nitrogen and oxygen atoms in total. The number of nitrogens with zero attached hydrogens (tertiary/aromatic N) is 4. The fourth-order valence-electron chi connectivity index (χ4n) is 2.95. The average Bonchev–Trinajstić information content (AvgIpc) is 2.98. The van der Waals surface area contributed by atoms with Crippen LogP contribution in [0.15, 0.2) is 11.2 Å². The predicted molar refractivity (Wildman–Crippen MR) is 116 cm³/mol. The molecule has 0 aliphatic heterocycles. The van der Waals surface area contributed by atoms with Gasteiger partial charge in [-0.05, 0) is 52.9 Å². The first-order chi connectivity index (χ1) is 12.8. The van der Waals surface area contributed by atoms with Crippen molar-refractivity contribution >= 4 is 23.5 Å². The lowest BCUT2D eigenvalue weighted by Crippen LogP contribution is -2.27. The molecule has 0 spiro atoms. The number of rotatable bonds is 5. The molecule has 0 saturated carbocycles. The average molecular weight is 404 g/mol. The van der Waals surface area contributed by atoms with E-state index in [0.717, 1.165) is 33.6 Å². The summed E-state index contributed by atoms with van der Waals surface area (Å²) in [6.45, 7) is 16.6. The van der Waals surface area contributed by atoms with E-state index in [1.165, 1.54) is 11.8 Å². The van der Waals surface area contributed by atoms with Crippen LogP contribution in [-0.4, -0.2) is 31.9 Å². The molecule has 0 fully saturated rings. The van der Waals surface area contributed by atoms with Gasteiger partial charge < -0.3 is 5.32 Å². The molecule has 0 aromatic carbocycles. The zero-order valence-electron chi connectivity index (χ0n) is 18.6. The molecular weight excluding hydrogens is 370 g/mol. The maximum Gasteiger partial charge on any atom is 0.225 e. The molecule has 7 heteroatoms. The largest absolute Gasteiger partial charge is 0.311 e. The quantitative estimate of drug-likeness (QED) is 0.582. The van der Waals surface area contributed by atoms with Crippen LogP contribution < -0.4 is 5.32 Å². The van der Waals surface area contributed by atoms with Crippen LogP contribution in [0.2, 0.25) is 0 Å². The molecule has 0 saturated heterocycles. The lowest BCUT2D eigenvalue weighted by atomic mass is 9.92. The van der Waals surface area contributed by atoms with Crippen molar-refractivity contribution < 1.29 is 4.79 Å². The number of hydrogen-bond acceptors (Lipinski definition) is 5. The van der Waals surface area contributed by atoms with Gasteiger partial charge in [0.2, 0.25) is 5.91 Å². The number of nitrogens with one attached hydrogen (secondary N) is 1. The Morgan fingerprint density at radius 1 is 1.11 bits per heavy atom. The normalized spacial score (nSPS) is 12.3. The summed E-state index contributed by atoms with van der Waals surface area (Å²) in [5, 5.41) is 8.58. The predicted octanol–water partition coefficient (Wildman–Crippen LogP) is 4.64. The zero-order valence-corrected chi connectivity index (χ0v) is 19.4. The van der Waals surface area contributed by atoms with Crippen LogP contribution in [0.4, 0.5) is 5.82 Å². The van der Waals surface area contributed by atoms with E-state index < -0.39 is 0 Å². The second-order valence-electron chi connectivity index (χ2n) is 9.16. The van der Waals surface area contributed by atoms with Crippen molar-refractivity contribution in [3.05, 3.63) is 28.7 Å². The molecule has 154 valence electrons. The molecule has 2 heterocycles. The van der Waals surface area contributed by atoms with Gasteiger partial charge >= 0.3 is 0 Å². The van der Waals surface area contributed by atoms with Crippen LogP contribution in [0.5, 0.6) is 0 Å². The Bertz CT molecular complexity index is 836. The third kappa shape index (κ3) is 5.34. The van der Waals surface area contributed by atoms with Crippen molar-refractivity contribution in [2.24, 2.45) is 0 Å². The Hall–Kier alpha value is -1.89. The first-order valence-electron chi connectivity index (χ1n) is 9.62. The number of aromatic nitrogens is 4. The summed E-state index contributed by atoms with van der Waals surface area (Å²) in [7, 11) is 0. The number of anilines is 1. The molecule has 28 heavy (non-hydrogen) atoms. The van der Waals surface area contributed by atoms with Crippen molar-refractivity contribution in [2.75, 3.05) is 11.6 Å². The molecule has 0 bridgehead atoms. The third-order valence-corrected chi connectivity index (χ3v) is 5.11. The molecule has 0 radical (unpaired) electrons. The zero-order chi connectivity index (χ0) is 21.3. The number of amides is 1. The van der Waals surface area contributed by atoms with Gasteiger partial charge in [-0.3, -0.25) is 4.79 Å². The Balaban J connectivity index is 2.17. The highest BCUT2D eigenvalue weighted by Crippen LogP contribution is 2.28. The Kier molecular flexibility index (Phi) is 6.58. The first kappa shape index (κ1) is 22.4. The highest BCUT2D eigenvalue weighted by Gasteiger charge is 2.25. The van der Waals surface area contributed by atoms with Gasteiger partial charge in [0, 0.05) is 29.3 Å². The van der Waals surface area contributed by atoms with Gasteiger partial charge in [0.1, 0.15) is 5.82 Å². The number of carbonyl (C=O) groups is 1. The van der Waals surface area contributed by atoms with Gasteiger partial charge in [0.15, 0.2) is 5.16 Å². The van der Waals surface area contributed by atoms with Crippen LogP contribution in [0.1, 0.15) is 70.6 Å². The van der Waals surface area contributed by atoms with Crippen molar-refractivity contribution in [1.29, 1.82) is 0 Å². The summed E-state index contributed by atoms with van der Waals surface area (Å²) in [6.07, 6.45) is 2.96. The van der Waals surface area contributed by atoms with Gasteiger partial charge in [-0.15, -0.1) is 0 Å². The minimum absolute atomic E-state index is 0.0291. The number of carbonyl (C=O) groups excluding carboxylic acids is 1. The number of aryl methyl sites for hydroxylation is 2. The minimum Gasteiger partial charge on any atom is -0.311 e. The SMILES string of the molecule is CSc1nc(C)c(CCC(=O)Nc2cc(C(C)(C)C)nn2C(C)(C)C)c(C)n1. The lowest BCUT2D eigenvalue weighted by molar-refractivity contribution is -0.116. The summed E-state index contributed by atoms with van der Waals surface area (Å²) in [5.41, 5.74) is 3.60. The van der Waals surface area contributed by atoms with Crippen LogP contribution in [-0.2, 0) is 22.2 Å². The summed E-state index contributed by atoms with van der Waals surface area (Å²) in [6, 6.07) is 1.98. The summed E-state index contributed by atoms with van der Waals surface area (Å²) < 4.78 is 1.90. The van der Waals surface area contributed by atoms with E-state index in [0.29, 0.717) is 12.8 Å². The monoisotopic (exact) mass is 403 g/mol. The highest BCUT2D eigenvalue weighted by molar-refractivity contribution is 7.98. The molecule has 0 atom stereocenters. The second-order valence-corrected chi connectivity index (χ2v) is 9.93. The van der Waals surface area contributed by atoms with Gasteiger partial charge in [-0.1, -0.05) is 32.5 Å². The summed E-state index contributed by atoms with van der Waals surface area (Å²) in [5.74, 6) is 0.712. The Morgan fingerprint density at radius 3 is 2.14 bits per heavy atom. The van der Waals surface area contributed by atoms with E-state index in [1.807, 2.05) is 30.9 Å². The van der Waals surface area contributed by atoms with Crippen LogP contribution in [0, 0.1) is 13.8 Å². The molecular formula is C21H33N5OS. The second kappa shape index (κ2) is 8.23. The Labute approximate surface area is 172 Å². The standard InChI is InChI=1S/C21H33N5OS/c1-13-15(14(2)23-19(22-13)28-9)10-11-18(27)24-17-12-16(20(3,4)5)25-26(17)21(6,7)8/h12H,10-11H2,1-9H3,(H,24,27). The number of thioether (sulfide) groups is 1. The molecule has 1 N–H and O–H groups in total. The van der Waals surface area contributed by atoms with E-state index in [2.05, 4.69) is 56.8 Å². The highest BCUT2D eigenvalue weighted by atomic mass is 32.2. The van der Waals surface area contributed by atoms with Crippen LogP contribution >= 0.6 is 11.8 Å². The first-order valence-corrected chi connectivity index (χ1v) is 10.8. The van der Waals surface area contributed by atoms with E-state index in [-0.39, 0.29) is 16.9 Å². The van der Waals surface area contributed by atoms with Crippen molar-refractivity contribution in [1.82, 2.24) is 19.7 Å². The number of hydrogen-bond donors (Lipinski definition) is 1. The van der Waals surface area contributed by atoms with Gasteiger partial charge in [0.05, 0.1) is 11.2 Å². The fraction of sp³-hybridized carbons (Fsp3) is 0.619. The smallest absolute Gasteiger partial charge is 0.225 e. The molecule has 2 aromatic heterocycles. The van der Waals surface area contributed by atoms with Gasteiger partial charge in [-0.25, -0.2) is 14.6 Å². The van der Waals surface area contributed by atoms with Crippen LogP contribution in [0.3, 0.4) is 0 Å². The molecule has 0 aliphatic rings. The topological polar surface area (TPSA) is 72.7 Å². The minimum atomic E-state index is -0.221. The van der Waals surface area contributed by atoms with Crippen molar-refractivity contribution in [3.8, 4) is 0 Å². The molecule has 2 rings (SSSR count). The molecule has 1 amide bonds. The summed E-state index contributed by atoms with van der Waals surface area (Å²) in [4.78, 5) is 21.7. The lowest BCUT2D eigenvalue weighted by Gasteiger charge is -2.23. The van der Waals surface area contributed by atoms with Gasteiger partial charge in [0.25, 0.3) is 0 Å². The third-order valence-electron chi connectivity index (χ3n) is 4.57. The van der Waals surface area contributed by atoms with E-state index in [4.69, 9.17) is 5.10 Å². The Morgan fingerprint density at radius 2 is 1.68 bits per heavy atom. The molecule has 2 aromatic rings. The maximum atomic E-state index is 12.7. The van der Waals surface area contributed by atoms with Crippen LogP contribution in [0.25, 0.3) is 0 Å². The molecule has 0 unspecified atom stereocenters. The van der Waals surface area contributed by atoms with E-state index in [9.17, 15) is 4.79 Å². The summed E-state index contributed by atoms with van der Waals surface area (Å²) >= 11 is 1.53. The van der Waals surface area contributed by atoms with E-state index >= 15 is 0 Å². The fourth-order valence-corrected chi connectivity index (χ4v) is 3.41. The van der Waals surface area contributed by atoms with Gasteiger partial charge in [-0.2, -0.15) is 5.10 Å². The van der Waals surface area contributed by atoms with Crippen molar-refractivity contribution in [3.63, 3.8) is 0 Å². The molecule has 0 aliphatic carbocycles.